The molecule has 0 aliphatic heterocycles. The second-order valence-electron chi connectivity index (χ2n) is 4.55. The monoisotopic (exact) mass is 310 g/mol. The molecule has 0 saturated carbocycles. The number of carbonyl (C=O) groups is 1. The van der Waals surface area contributed by atoms with Crippen molar-refractivity contribution in [3.05, 3.63) is 47.6 Å². The van der Waals surface area contributed by atoms with E-state index < -0.39 is 0 Å². The average molecular weight is 311 g/mol. The summed E-state index contributed by atoms with van der Waals surface area (Å²) in [7, 11) is 1.88. The van der Waals surface area contributed by atoms with E-state index in [2.05, 4.69) is 20.8 Å². The van der Waals surface area contributed by atoms with Gasteiger partial charge in [0.15, 0.2) is 5.82 Å². The third-order valence-electron chi connectivity index (χ3n) is 2.93. The number of amides is 1. The highest BCUT2D eigenvalue weighted by atomic mass is 35.5. The van der Waals surface area contributed by atoms with Crippen LogP contribution in [0, 0.1) is 0 Å². The maximum Gasteiger partial charge on any atom is 0.251 e. The summed E-state index contributed by atoms with van der Waals surface area (Å²) in [5.74, 6) is 0.886. The Bertz CT molecular complexity index is 559. The molecule has 114 valence electrons. The first-order valence-corrected chi connectivity index (χ1v) is 6.51. The van der Waals surface area contributed by atoms with Crippen molar-refractivity contribution in [2.45, 2.75) is 25.9 Å². The Morgan fingerprint density at radius 1 is 1.33 bits per heavy atom. The van der Waals surface area contributed by atoms with E-state index in [0.29, 0.717) is 23.7 Å². The molecule has 1 amide bonds. The number of nitrogens with zero attached hydrogens (tertiary/aromatic N) is 2. The summed E-state index contributed by atoms with van der Waals surface area (Å²) in [6, 6.07) is 9.29. The quantitative estimate of drug-likeness (QED) is 0.846. The van der Waals surface area contributed by atoms with E-state index in [4.69, 9.17) is 4.52 Å². The standard InChI is InChI=1S/C14H18N4O2.ClH/c1-10(15-2)8-12-17-13(20-18-12)9-16-14(19)11-6-4-3-5-7-11;/h3-7,10,15H,8-9H2,1-2H3,(H,16,19);1H. The van der Waals surface area contributed by atoms with Gasteiger partial charge in [-0.1, -0.05) is 23.4 Å². The van der Waals surface area contributed by atoms with Crippen LogP contribution in [0.4, 0.5) is 0 Å². The largest absolute Gasteiger partial charge is 0.343 e. The predicted molar refractivity (Wildman–Crippen MR) is 81.4 cm³/mol. The summed E-state index contributed by atoms with van der Waals surface area (Å²) < 4.78 is 5.09. The van der Waals surface area contributed by atoms with Gasteiger partial charge in [0, 0.05) is 18.0 Å². The van der Waals surface area contributed by atoms with Gasteiger partial charge in [-0.25, -0.2) is 0 Å². The van der Waals surface area contributed by atoms with Crippen LogP contribution in [0.2, 0.25) is 0 Å². The van der Waals surface area contributed by atoms with E-state index >= 15 is 0 Å². The number of rotatable bonds is 6. The fraction of sp³-hybridized carbons (Fsp3) is 0.357. The Hall–Kier alpha value is -1.92. The molecule has 7 heteroatoms. The Morgan fingerprint density at radius 3 is 2.71 bits per heavy atom. The van der Waals surface area contributed by atoms with Crippen LogP contribution in [0.1, 0.15) is 29.0 Å². The van der Waals surface area contributed by atoms with Crippen molar-refractivity contribution in [3.63, 3.8) is 0 Å². The van der Waals surface area contributed by atoms with Gasteiger partial charge in [-0.2, -0.15) is 4.98 Å². The van der Waals surface area contributed by atoms with Crippen molar-refractivity contribution in [1.29, 1.82) is 0 Å². The predicted octanol–water partition coefficient (Wildman–Crippen LogP) is 1.57. The molecule has 1 aromatic heterocycles. The molecule has 1 aromatic carbocycles. The molecular formula is C14H19ClN4O2. The van der Waals surface area contributed by atoms with Gasteiger partial charge in [-0.3, -0.25) is 4.79 Å². The molecule has 0 aliphatic carbocycles. The van der Waals surface area contributed by atoms with E-state index in [-0.39, 0.29) is 30.9 Å². The molecule has 6 nitrogen and oxygen atoms in total. The van der Waals surface area contributed by atoms with Gasteiger partial charge in [0.2, 0.25) is 5.89 Å². The summed E-state index contributed by atoms with van der Waals surface area (Å²) in [5.41, 5.74) is 0.607. The highest BCUT2D eigenvalue weighted by Crippen LogP contribution is 2.02. The van der Waals surface area contributed by atoms with E-state index in [0.717, 1.165) is 0 Å². The average Bonchev–Trinajstić information content (AvgIpc) is 2.93. The number of benzene rings is 1. The zero-order chi connectivity index (χ0) is 14.4. The fourth-order valence-corrected chi connectivity index (χ4v) is 1.67. The lowest BCUT2D eigenvalue weighted by Gasteiger charge is -2.04. The molecule has 0 fully saturated rings. The number of hydrogen-bond acceptors (Lipinski definition) is 5. The Labute approximate surface area is 129 Å². The smallest absolute Gasteiger partial charge is 0.251 e. The zero-order valence-electron chi connectivity index (χ0n) is 12.0. The van der Waals surface area contributed by atoms with Gasteiger partial charge in [-0.15, -0.1) is 12.4 Å². The molecule has 0 saturated heterocycles. The van der Waals surface area contributed by atoms with E-state index in [1.54, 1.807) is 12.1 Å². The molecule has 0 bridgehead atoms. The van der Waals surface area contributed by atoms with Crippen LogP contribution in [0.15, 0.2) is 34.9 Å². The molecule has 1 heterocycles. The Morgan fingerprint density at radius 2 is 2.05 bits per heavy atom. The van der Waals surface area contributed by atoms with Crippen molar-refractivity contribution in [1.82, 2.24) is 20.8 Å². The van der Waals surface area contributed by atoms with Crippen molar-refractivity contribution in [2.75, 3.05) is 7.05 Å². The minimum Gasteiger partial charge on any atom is -0.343 e. The van der Waals surface area contributed by atoms with Crippen LogP contribution in [0.5, 0.6) is 0 Å². The summed E-state index contributed by atoms with van der Waals surface area (Å²) in [4.78, 5) is 16.1. The van der Waals surface area contributed by atoms with Crippen LogP contribution in [-0.4, -0.2) is 29.1 Å². The first-order chi connectivity index (χ1) is 9.69. The van der Waals surface area contributed by atoms with Crippen LogP contribution in [0.25, 0.3) is 0 Å². The second kappa shape index (κ2) is 8.39. The lowest BCUT2D eigenvalue weighted by atomic mass is 10.2. The summed E-state index contributed by atoms with van der Waals surface area (Å²) in [6.07, 6.45) is 0.687. The minimum atomic E-state index is -0.158. The molecule has 1 unspecified atom stereocenters. The SMILES string of the molecule is CNC(C)Cc1noc(CNC(=O)c2ccccc2)n1.Cl. The van der Waals surface area contributed by atoms with Gasteiger partial charge in [0.05, 0.1) is 6.54 Å². The number of halogens is 1. The molecule has 21 heavy (non-hydrogen) atoms. The van der Waals surface area contributed by atoms with Crippen molar-refractivity contribution < 1.29 is 9.32 Å². The molecule has 2 N–H and O–H groups in total. The molecule has 2 aromatic rings. The van der Waals surface area contributed by atoms with Crippen LogP contribution in [-0.2, 0) is 13.0 Å². The minimum absolute atomic E-state index is 0. The third kappa shape index (κ3) is 5.17. The van der Waals surface area contributed by atoms with Gasteiger partial charge < -0.3 is 15.2 Å². The van der Waals surface area contributed by atoms with Crippen molar-refractivity contribution >= 4 is 18.3 Å². The number of likely N-dealkylation sites (N-methyl/N-ethyl adjacent to an activating group) is 1. The third-order valence-corrected chi connectivity index (χ3v) is 2.93. The van der Waals surface area contributed by atoms with E-state index in [1.807, 2.05) is 32.2 Å². The second-order valence-corrected chi connectivity index (χ2v) is 4.55. The normalized spacial score (nSPS) is 11.5. The van der Waals surface area contributed by atoms with E-state index in [1.165, 1.54) is 0 Å². The van der Waals surface area contributed by atoms with Gasteiger partial charge in [-0.05, 0) is 26.1 Å². The number of carbonyl (C=O) groups excluding carboxylic acids is 1. The number of hydrogen-bond donors (Lipinski definition) is 2. The van der Waals surface area contributed by atoms with Crippen LogP contribution < -0.4 is 10.6 Å². The summed E-state index contributed by atoms with van der Waals surface area (Å²) in [6.45, 7) is 2.27. The topological polar surface area (TPSA) is 80.0 Å². The van der Waals surface area contributed by atoms with Crippen molar-refractivity contribution in [3.8, 4) is 0 Å². The molecule has 0 spiro atoms. The highest BCUT2D eigenvalue weighted by molar-refractivity contribution is 5.93. The first kappa shape index (κ1) is 17.1. The Kier molecular flexibility index (Phi) is 6.84. The number of nitrogens with one attached hydrogen (secondary N) is 2. The van der Waals surface area contributed by atoms with Gasteiger partial charge in [0.25, 0.3) is 5.91 Å². The van der Waals surface area contributed by atoms with Crippen LogP contribution in [0.3, 0.4) is 0 Å². The lowest BCUT2D eigenvalue weighted by Crippen LogP contribution is -2.24. The zero-order valence-corrected chi connectivity index (χ0v) is 12.8. The molecule has 0 radical (unpaired) electrons. The van der Waals surface area contributed by atoms with Crippen LogP contribution >= 0.6 is 12.4 Å². The molecule has 0 aliphatic rings. The molecule has 1 atom stereocenters. The maximum atomic E-state index is 11.8. The molecular weight excluding hydrogens is 292 g/mol. The highest BCUT2D eigenvalue weighted by Gasteiger charge is 2.11. The van der Waals surface area contributed by atoms with Gasteiger partial charge >= 0.3 is 0 Å². The van der Waals surface area contributed by atoms with Gasteiger partial charge in [0.1, 0.15) is 0 Å². The van der Waals surface area contributed by atoms with Crippen molar-refractivity contribution in [2.24, 2.45) is 0 Å². The maximum absolute atomic E-state index is 11.8. The lowest BCUT2D eigenvalue weighted by molar-refractivity contribution is 0.0946. The Balaban J connectivity index is 0.00000220. The summed E-state index contributed by atoms with van der Waals surface area (Å²) >= 11 is 0. The number of aromatic nitrogens is 2. The summed E-state index contributed by atoms with van der Waals surface area (Å²) in [5, 5.41) is 9.73. The van der Waals surface area contributed by atoms with E-state index in [9.17, 15) is 4.79 Å². The first-order valence-electron chi connectivity index (χ1n) is 6.51. The fourth-order valence-electron chi connectivity index (χ4n) is 1.67. The molecule has 2 rings (SSSR count).